The van der Waals surface area contributed by atoms with E-state index in [2.05, 4.69) is 10.6 Å². The molecule has 1 aromatic heterocycles. The van der Waals surface area contributed by atoms with Crippen LogP contribution in [0, 0.1) is 11.8 Å². The molecule has 1 amide bonds. The van der Waals surface area contributed by atoms with E-state index in [-0.39, 0.29) is 24.2 Å². The minimum absolute atomic E-state index is 0.0582. The number of hydrogen-bond acceptors (Lipinski definition) is 4. The van der Waals surface area contributed by atoms with E-state index in [4.69, 9.17) is 5.11 Å². The van der Waals surface area contributed by atoms with Crippen LogP contribution in [0.4, 0.5) is 0 Å². The van der Waals surface area contributed by atoms with Crippen molar-refractivity contribution in [2.75, 3.05) is 13.1 Å². The molecule has 6 heteroatoms. The first-order chi connectivity index (χ1) is 9.08. The first-order valence-electron chi connectivity index (χ1n) is 6.34. The highest BCUT2D eigenvalue weighted by Crippen LogP contribution is 2.24. The molecule has 3 atom stereocenters. The fourth-order valence-corrected chi connectivity index (χ4v) is 3.10. The van der Waals surface area contributed by atoms with Gasteiger partial charge >= 0.3 is 5.97 Å². The van der Waals surface area contributed by atoms with Gasteiger partial charge in [0.05, 0.1) is 18.4 Å². The van der Waals surface area contributed by atoms with Crippen LogP contribution in [0.5, 0.6) is 0 Å². The van der Waals surface area contributed by atoms with Crippen molar-refractivity contribution in [2.45, 2.75) is 19.4 Å². The average molecular weight is 282 g/mol. The smallest absolute Gasteiger partial charge is 0.305 e. The lowest BCUT2D eigenvalue weighted by molar-refractivity contribution is -0.137. The van der Waals surface area contributed by atoms with Gasteiger partial charge in [-0.25, -0.2) is 0 Å². The van der Waals surface area contributed by atoms with Crippen LogP contribution in [0.2, 0.25) is 0 Å². The van der Waals surface area contributed by atoms with Gasteiger partial charge in [-0.05, 0) is 23.9 Å². The van der Waals surface area contributed by atoms with Gasteiger partial charge in [-0.15, -0.1) is 11.3 Å². The predicted octanol–water partition coefficient (Wildman–Crippen LogP) is 1.24. The molecule has 0 bridgehead atoms. The van der Waals surface area contributed by atoms with Crippen molar-refractivity contribution in [2.24, 2.45) is 11.8 Å². The fourth-order valence-electron chi connectivity index (χ4n) is 2.33. The van der Waals surface area contributed by atoms with Crippen molar-refractivity contribution >= 4 is 23.2 Å². The van der Waals surface area contributed by atoms with Crippen LogP contribution in [0.15, 0.2) is 17.5 Å². The molecule has 0 aromatic carbocycles. The fraction of sp³-hybridized carbons (Fsp3) is 0.538. The summed E-state index contributed by atoms with van der Waals surface area (Å²) in [5, 5.41) is 16.9. The summed E-state index contributed by atoms with van der Waals surface area (Å²) in [6, 6.07) is 3.29. The lowest BCUT2D eigenvalue weighted by Gasteiger charge is -2.20. The van der Waals surface area contributed by atoms with Crippen molar-refractivity contribution in [3.63, 3.8) is 0 Å². The first kappa shape index (κ1) is 14.0. The minimum atomic E-state index is -0.906. The zero-order valence-electron chi connectivity index (χ0n) is 10.8. The molecule has 3 N–H and O–H groups in total. The number of carboxylic acid groups (broad SMARTS) is 1. The second kappa shape index (κ2) is 6.16. The SMILES string of the molecule is C[C@@H]1CNC[C@H]1C(=O)NC(CC(=O)O)c1cccs1. The highest BCUT2D eigenvalue weighted by atomic mass is 32.1. The van der Waals surface area contributed by atoms with Crippen molar-refractivity contribution in [1.82, 2.24) is 10.6 Å². The summed E-state index contributed by atoms with van der Waals surface area (Å²) in [6.45, 7) is 3.53. The summed E-state index contributed by atoms with van der Waals surface area (Å²) < 4.78 is 0. The van der Waals surface area contributed by atoms with Crippen LogP contribution in [-0.2, 0) is 9.59 Å². The molecule has 104 valence electrons. The molecule has 0 saturated carbocycles. The molecule has 2 rings (SSSR count). The average Bonchev–Trinajstić information content (AvgIpc) is 2.97. The number of nitrogens with one attached hydrogen (secondary N) is 2. The largest absolute Gasteiger partial charge is 0.481 e. The van der Waals surface area contributed by atoms with Crippen molar-refractivity contribution in [3.05, 3.63) is 22.4 Å². The van der Waals surface area contributed by atoms with Gasteiger partial charge in [0.2, 0.25) is 5.91 Å². The zero-order valence-corrected chi connectivity index (χ0v) is 11.6. The Labute approximate surface area is 116 Å². The Hall–Kier alpha value is -1.40. The molecule has 1 unspecified atom stereocenters. The minimum Gasteiger partial charge on any atom is -0.481 e. The molecule has 5 nitrogen and oxygen atoms in total. The summed E-state index contributed by atoms with van der Waals surface area (Å²) >= 11 is 1.46. The topological polar surface area (TPSA) is 78.4 Å². The first-order valence-corrected chi connectivity index (χ1v) is 7.22. The molecular formula is C13H18N2O3S. The van der Waals surface area contributed by atoms with Gasteiger partial charge in [-0.1, -0.05) is 13.0 Å². The van der Waals surface area contributed by atoms with E-state index in [9.17, 15) is 9.59 Å². The zero-order chi connectivity index (χ0) is 13.8. The normalized spacial score (nSPS) is 24.1. The number of thiophene rings is 1. The van der Waals surface area contributed by atoms with Crippen LogP contribution in [0.1, 0.15) is 24.3 Å². The molecule has 1 saturated heterocycles. The van der Waals surface area contributed by atoms with Gasteiger partial charge < -0.3 is 15.7 Å². The van der Waals surface area contributed by atoms with Crippen LogP contribution in [0.3, 0.4) is 0 Å². The second-order valence-corrected chi connectivity index (χ2v) is 5.90. The van der Waals surface area contributed by atoms with Crippen molar-refractivity contribution in [3.8, 4) is 0 Å². The highest BCUT2D eigenvalue weighted by molar-refractivity contribution is 7.10. The van der Waals surface area contributed by atoms with E-state index >= 15 is 0 Å². The standard InChI is InChI=1S/C13H18N2O3S/c1-8-6-14-7-9(8)13(18)15-10(5-12(16)17)11-3-2-4-19-11/h2-4,8-10,14H,5-7H2,1H3,(H,15,18)(H,16,17)/t8-,9-,10?/m1/s1. The lowest BCUT2D eigenvalue weighted by Crippen LogP contribution is -2.37. The summed E-state index contributed by atoms with van der Waals surface area (Å²) in [5.74, 6) is -0.751. The van der Waals surface area contributed by atoms with Crippen molar-refractivity contribution < 1.29 is 14.7 Å². The second-order valence-electron chi connectivity index (χ2n) is 4.92. The molecular weight excluding hydrogens is 264 g/mol. The molecule has 0 aliphatic carbocycles. The molecule has 1 aliphatic rings. The number of rotatable bonds is 5. The summed E-state index contributed by atoms with van der Waals surface area (Å²) in [4.78, 5) is 24.0. The van der Waals surface area contributed by atoms with Gasteiger partial charge in [0, 0.05) is 11.4 Å². The number of carboxylic acids is 1. The van der Waals surface area contributed by atoms with Crippen LogP contribution < -0.4 is 10.6 Å². The Morgan fingerprint density at radius 1 is 1.58 bits per heavy atom. The number of amides is 1. The van der Waals surface area contributed by atoms with Gasteiger partial charge in [0.25, 0.3) is 0 Å². The summed E-state index contributed by atoms with van der Waals surface area (Å²) in [6.07, 6.45) is -0.0826. The molecule has 1 aromatic rings. The van der Waals surface area contributed by atoms with E-state index < -0.39 is 12.0 Å². The van der Waals surface area contributed by atoms with Gasteiger partial charge in [-0.2, -0.15) is 0 Å². The van der Waals surface area contributed by atoms with E-state index in [1.54, 1.807) is 0 Å². The van der Waals surface area contributed by atoms with Gasteiger partial charge in [0.15, 0.2) is 0 Å². The Kier molecular flexibility index (Phi) is 4.55. The van der Waals surface area contributed by atoms with E-state index in [0.717, 1.165) is 11.4 Å². The van der Waals surface area contributed by atoms with Crippen LogP contribution >= 0.6 is 11.3 Å². The summed E-state index contributed by atoms with van der Waals surface area (Å²) in [5.41, 5.74) is 0. The molecule has 19 heavy (non-hydrogen) atoms. The number of aliphatic carboxylic acids is 1. The number of hydrogen-bond donors (Lipinski definition) is 3. The molecule has 0 radical (unpaired) electrons. The number of carbonyl (C=O) groups is 2. The molecule has 2 heterocycles. The lowest BCUT2D eigenvalue weighted by atomic mass is 9.96. The van der Waals surface area contributed by atoms with Crippen LogP contribution in [0.25, 0.3) is 0 Å². The predicted molar refractivity (Wildman–Crippen MR) is 73.0 cm³/mol. The maximum atomic E-state index is 12.2. The Balaban J connectivity index is 2.03. The quantitative estimate of drug-likeness (QED) is 0.759. The Bertz CT molecular complexity index is 447. The maximum absolute atomic E-state index is 12.2. The molecule has 0 spiro atoms. The third-order valence-corrected chi connectivity index (χ3v) is 4.42. The van der Waals surface area contributed by atoms with Crippen LogP contribution in [-0.4, -0.2) is 30.1 Å². The van der Waals surface area contributed by atoms with E-state index in [1.165, 1.54) is 11.3 Å². The van der Waals surface area contributed by atoms with Gasteiger partial charge in [-0.3, -0.25) is 9.59 Å². The number of carbonyl (C=O) groups excluding carboxylic acids is 1. The summed E-state index contributed by atoms with van der Waals surface area (Å²) in [7, 11) is 0. The third kappa shape index (κ3) is 3.54. The van der Waals surface area contributed by atoms with E-state index in [1.807, 2.05) is 24.4 Å². The Morgan fingerprint density at radius 2 is 2.37 bits per heavy atom. The molecule has 1 fully saturated rings. The maximum Gasteiger partial charge on any atom is 0.305 e. The monoisotopic (exact) mass is 282 g/mol. The Morgan fingerprint density at radius 3 is 2.89 bits per heavy atom. The van der Waals surface area contributed by atoms with Gasteiger partial charge in [0.1, 0.15) is 0 Å². The van der Waals surface area contributed by atoms with Crippen molar-refractivity contribution in [1.29, 1.82) is 0 Å². The van der Waals surface area contributed by atoms with E-state index in [0.29, 0.717) is 6.54 Å². The third-order valence-electron chi connectivity index (χ3n) is 3.44. The molecule has 1 aliphatic heterocycles. The highest BCUT2D eigenvalue weighted by Gasteiger charge is 2.31.